The van der Waals surface area contributed by atoms with Crippen molar-refractivity contribution in [3.63, 3.8) is 0 Å². The van der Waals surface area contributed by atoms with Crippen molar-refractivity contribution in [1.29, 1.82) is 0 Å². The van der Waals surface area contributed by atoms with E-state index in [0.29, 0.717) is 0 Å². The SMILES string of the molecule is Nc1ccc2c(c1)nc1n2CC[NH+](CCc2ccccc2)C1. The van der Waals surface area contributed by atoms with E-state index < -0.39 is 0 Å². The monoisotopic (exact) mass is 293 g/mol. The van der Waals surface area contributed by atoms with Crippen LogP contribution in [0, 0.1) is 0 Å². The third kappa shape index (κ3) is 2.46. The van der Waals surface area contributed by atoms with Gasteiger partial charge in [0.2, 0.25) is 0 Å². The van der Waals surface area contributed by atoms with E-state index in [9.17, 15) is 0 Å². The van der Waals surface area contributed by atoms with Crippen molar-refractivity contribution in [3.05, 3.63) is 59.9 Å². The van der Waals surface area contributed by atoms with Gasteiger partial charge in [-0.2, -0.15) is 0 Å². The molecule has 0 fully saturated rings. The van der Waals surface area contributed by atoms with Crippen LogP contribution < -0.4 is 10.6 Å². The van der Waals surface area contributed by atoms with E-state index in [1.807, 2.05) is 12.1 Å². The fraction of sp³-hybridized carbons (Fsp3) is 0.278. The summed E-state index contributed by atoms with van der Waals surface area (Å²) in [4.78, 5) is 6.39. The predicted octanol–water partition coefficient (Wildman–Crippen LogP) is 1.26. The van der Waals surface area contributed by atoms with Gasteiger partial charge in [0.05, 0.1) is 30.7 Å². The Kier molecular flexibility index (Phi) is 3.31. The normalized spacial score (nSPS) is 17.5. The minimum absolute atomic E-state index is 0.788. The van der Waals surface area contributed by atoms with Gasteiger partial charge in [0.1, 0.15) is 6.54 Å². The standard InChI is InChI=1S/C18H20N4/c19-15-6-7-17-16(12-15)20-18-13-21(10-11-22(17)18)9-8-14-4-2-1-3-5-14/h1-7,12H,8-11,13,19H2/p+1. The molecule has 2 aromatic carbocycles. The quantitative estimate of drug-likeness (QED) is 0.714. The zero-order valence-electron chi connectivity index (χ0n) is 12.6. The molecule has 0 saturated heterocycles. The van der Waals surface area contributed by atoms with Crippen LogP contribution in [0.15, 0.2) is 48.5 Å². The van der Waals surface area contributed by atoms with Gasteiger partial charge >= 0.3 is 0 Å². The Bertz CT molecular complexity index is 791. The molecule has 0 bridgehead atoms. The van der Waals surface area contributed by atoms with Gasteiger partial charge in [-0.25, -0.2) is 4.98 Å². The van der Waals surface area contributed by atoms with Crippen LogP contribution in [0.2, 0.25) is 0 Å². The number of hydrogen-bond acceptors (Lipinski definition) is 2. The van der Waals surface area contributed by atoms with Crippen LogP contribution >= 0.6 is 0 Å². The number of imidazole rings is 1. The van der Waals surface area contributed by atoms with Crippen LogP contribution in [-0.4, -0.2) is 22.6 Å². The Morgan fingerprint density at radius 2 is 2.00 bits per heavy atom. The van der Waals surface area contributed by atoms with Gasteiger partial charge < -0.3 is 15.2 Å². The van der Waals surface area contributed by atoms with Gasteiger partial charge in [-0.3, -0.25) is 0 Å². The van der Waals surface area contributed by atoms with Crippen LogP contribution in [0.4, 0.5) is 5.69 Å². The average molecular weight is 293 g/mol. The van der Waals surface area contributed by atoms with Crippen LogP contribution in [0.1, 0.15) is 11.4 Å². The second-order valence-corrected chi connectivity index (χ2v) is 6.09. The number of rotatable bonds is 3. The highest BCUT2D eigenvalue weighted by Crippen LogP contribution is 2.19. The van der Waals surface area contributed by atoms with Crippen molar-refractivity contribution in [1.82, 2.24) is 9.55 Å². The van der Waals surface area contributed by atoms with Gasteiger partial charge in [-0.05, 0) is 23.8 Å². The molecule has 0 saturated carbocycles. The third-order valence-electron chi connectivity index (χ3n) is 4.56. The molecule has 0 radical (unpaired) electrons. The summed E-state index contributed by atoms with van der Waals surface area (Å²) in [7, 11) is 0. The number of hydrogen-bond donors (Lipinski definition) is 2. The van der Waals surface area contributed by atoms with E-state index in [1.54, 1.807) is 4.90 Å². The van der Waals surface area contributed by atoms with Crippen LogP contribution in [-0.2, 0) is 19.5 Å². The number of benzene rings is 2. The molecule has 1 aliphatic heterocycles. The summed E-state index contributed by atoms with van der Waals surface area (Å²) < 4.78 is 2.35. The molecule has 0 aliphatic carbocycles. The molecule has 0 amide bonds. The molecule has 1 aromatic heterocycles. The van der Waals surface area contributed by atoms with E-state index >= 15 is 0 Å². The first-order chi connectivity index (χ1) is 10.8. The molecule has 4 nitrogen and oxygen atoms in total. The first kappa shape index (κ1) is 13.3. The molecule has 3 N–H and O–H groups in total. The highest BCUT2D eigenvalue weighted by atomic mass is 15.2. The molecule has 3 aromatic rings. The molecule has 1 atom stereocenters. The van der Waals surface area contributed by atoms with Gasteiger partial charge in [-0.1, -0.05) is 30.3 Å². The maximum Gasteiger partial charge on any atom is 0.165 e. The predicted molar refractivity (Wildman–Crippen MR) is 88.7 cm³/mol. The highest BCUT2D eigenvalue weighted by molar-refractivity contribution is 5.79. The number of nitrogens with zero attached hydrogens (tertiary/aromatic N) is 2. The Morgan fingerprint density at radius 1 is 1.14 bits per heavy atom. The zero-order valence-corrected chi connectivity index (χ0v) is 12.6. The number of nitrogens with one attached hydrogen (secondary N) is 1. The molecule has 4 heteroatoms. The van der Waals surface area contributed by atoms with Crippen LogP contribution in [0.5, 0.6) is 0 Å². The molecule has 1 aliphatic rings. The maximum absolute atomic E-state index is 5.87. The van der Waals surface area contributed by atoms with Crippen molar-refractivity contribution in [2.24, 2.45) is 0 Å². The first-order valence-electron chi connectivity index (χ1n) is 7.92. The molecule has 0 spiro atoms. The van der Waals surface area contributed by atoms with E-state index in [1.165, 1.54) is 16.9 Å². The van der Waals surface area contributed by atoms with E-state index in [4.69, 9.17) is 10.7 Å². The Balaban J connectivity index is 1.50. The Hall–Kier alpha value is -2.33. The summed E-state index contributed by atoms with van der Waals surface area (Å²) in [6, 6.07) is 16.8. The Labute approximate surface area is 130 Å². The van der Waals surface area contributed by atoms with Gasteiger partial charge in [-0.15, -0.1) is 0 Å². The lowest BCUT2D eigenvalue weighted by Crippen LogP contribution is -3.12. The summed E-state index contributed by atoms with van der Waals surface area (Å²) in [5, 5.41) is 0. The Morgan fingerprint density at radius 3 is 2.86 bits per heavy atom. The van der Waals surface area contributed by atoms with E-state index in [-0.39, 0.29) is 0 Å². The second-order valence-electron chi connectivity index (χ2n) is 6.09. The number of aromatic nitrogens is 2. The molecule has 1 unspecified atom stereocenters. The third-order valence-corrected chi connectivity index (χ3v) is 4.56. The topological polar surface area (TPSA) is 48.3 Å². The summed E-state index contributed by atoms with van der Waals surface area (Å²) in [6.45, 7) is 4.37. The zero-order chi connectivity index (χ0) is 14.9. The highest BCUT2D eigenvalue weighted by Gasteiger charge is 2.22. The fourth-order valence-electron chi connectivity index (χ4n) is 3.34. The fourth-order valence-corrected chi connectivity index (χ4v) is 3.34. The average Bonchev–Trinajstić information content (AvgIpc) is 2.90. The van der Waals surface area contributed by atoms with Crippen LogP contribution in [0.3, 0.4) is 0 Å². The summed E-state index contributed by atoms with van der Waals surface area (Å²) in [5.41, 5.74) is 10.3. The van der Waals surface area contributed by atoms with Gasteiger partial charge in [0.25, 0.3) is 0 Å². The molecule has 22 heavy (non-hydrogen) atoms. The smallest absolute Gasteiger partial charge is 0.165 e. The number of fused-ring (bicyclic) bond motifs is 3. The van der Waals surface area contributed by atoms with Crippen molar-refractivity contribution < 1.29 is 4.90 Å². The van der Waals surface area contributed by atoms with Gasteiger partial charge in [0.15, 0.2) is 5.82 Å². The van der Waals surface area contributed by atoms with Crippen molar-refractivity contribution in [2.45, 2.75) is 19.5 Å². The van der Waals surface area contributed by atoms with Crippen molar-refractivity contribution in [3.8, 4) is 0 Å². The van der Waals surface area contributed by atoms with E-state index in [0.717, 1.165) is 43.8 Å². The van der Waals surface area contributed by atoms with E-state index in [2.05, 4.69) is 41.0 Å². The number of nitrogens with two attached hydrogens (primary N) is 1. The lowest BCUT2D eigenvalue weighted by molar-refractivity contribution is -0.918. The molecule has 4 rings (SSSR count). The number of quaternary nitrogens is 1. The summed E-state index contributed by atoms with van der Waals surface area (Å²) in [6.07, 6.45) is 1.13. The summed E-state index contributed by atoms with van der Waals surface area (Å²) >= 11 is 0. The molecular weight excluding hydrogens is 272 g/mol. The summed E-state index contributed by atoms with van der Waals surface area (Å²) in [5.74, 6) is 1.19. The molecule has 112 valence electrons. The van der Waals surface area contributed by atoms with Crippen LogP contribution in [0.25, 0.3) is 11.0 Å². The maximum atomic E-state index is 5.87. The number of nitrogen functional groups attached to an aromatic ring is 1. The lowest BCUT2D eigenvalue weighted by atomic mass is 10.1. The first-order valence-corrected chi connectivity index (χ1v) is 7.92. The van der Waals surface area contributed by atoms with Crippen molar-refractivity contribution >= 4 is 16.7 Å². The van der Waals surface area contributed by atoms with Crippen molar-refractivity contribution in [2.75, 3.05) is 18.8 Å². The largest absolute Gasteiger partial charge is 0.399 e. The number of anilines is 1. The lowest BCUT2D eigenvalue weighted by Gasteiger charge is -2.25. The van der Waals surface area contributed by atoms with Gasteiger partial charge in [0, 0.05) is 12.1 Å². The molecular formula is C18H21N4+. The minimum atomic E-state index is 0.788. The minimum Gasteiger partial charge on any atom is -0.399 e. The second kappa shape index (κ2) is 5.46. The molecule has 2 heterocycles.